The van der Waals surface area contributed by atoms with Crippen LogP contribution >= 0.6 is 0 Å². The highest BCUT2D eigenvalue weighted by Gasteiger charge is 2.24. The smallest absolute Gasteiger partial charge is 0.306 e. The number of nitrogens with one attached hydrogen (secondary N) is 1. The summed E-state index contributed by atoms with van der Waals surface area (Å²) in [5.74, 6) is -0.500. The van der Waals surface area contributed by atoms with Crippen LogP contribution in [-0.2, 0) is 14.3 Å². The normalized spacial score (nSPS) is 13.6. The summed E-state index contributed by atoms with van der Waals surface area (Å²) in [5.41, 5.74) is 0. The summed E-state index contributed by atoms with van der Waals surface area (Å²) in [6, 6.07) is -0.707. The highest BCUT2D eigenvalue weighted by molar-refractivity contribution is 5.77. The van der Waals surface area contributed by atoms with Crippen molar-refractivity contribution in [3.05, 3.63) is 48.6 Å². The number of hydrogen-bond acceptors (Lipinski definition) is 5. The molecule has 0 bridgehead atoms. The second-order valence-electron chi connectivity index (χ2n) is 18.0. The van der Waals surface area contributed by atoms with E-state index in [1.54, 1.807) is 0 Å². The van der Waals surface area contributed by atoms with Crippen molar-refractivity contribution in [1.29, 1.82) is 0 Å². The SMILES string of the molecule is CCCCCC/C=C\CCCCCCCC(CC(=O)NC(CO)C(O)CCCCCCCCCCCCC)OC(=O)CCCCCCC/C=C/C=C/C=C/CCCCCCC. The molecule has 0 saturated heterocycles. The first kappa shape index (κ1) is 58.8. The first-order valence-electron chi connectivity index (χ1n) is 26.4. The Labute approximate surface area is 378 Å². The number of aliphatic hydroxyl groups is 2. The second-order valence-corrected chi connectivity index (χ2v) is 18.0. The van der Waals surface area contributed by atoms with Gasteiger partial charge in [0.25, 0.3) is 0 Å². The highest BCUT2D eigenvalue weighted by Crippen LogP contribution is 2.18. The molecule has 0 aromatic heterocycles. The number of amides is 1. The molecule has 356 valence electrons. The molecule has 0 radical (unpaired) electrons. The number of aliphatic hydroxyl groups excluding tert-OH is 2. The summed E-state index contributed by atoms with van der Waals surface area (Å²) >= 11 is 0. The first-order chi connectivity index (χ1) is 30.0. The molecule has 3 N–H and O–H groups in total. The molecule has 0 aliphatic carbocycles. The Balaban J connectivity index is 4.60. The monoisotopic (exact) mass is 856 g/mol. The molecular weight excluding hydrogens is 755 g/mol. The van der Waals surface area contributed by atoms with Crippen LogP contribution in [0.25, 0.3) is 0 Å². The van der Waals surface area contributed by atoms with Gasteiger partial charge in [0.15, 0.2) is 0 Å². The zero-order valence-electron chi connectivity index (χ0n) is 40.5. The Hall–Kier alpha value is -2.18. The standard InChI is InChI=1S/C55H101NO5/c1-4-7-10-13-16-19-22-24-25-26-27-28-30-33-36-39-42-45-48-55(60)61-51(46-43-40-37-34-32-29-23-20-17-14-11-8-5-2)49-54(59)56-52(50-57)53(58)47-44-41-38-35-31-21-18-15-12-9-6-3/h20,22-28,51-53,57-58H,4-19,21,29-50H2,1-3H3,(H,56,59)/b23-20-,24-22+,26-25+,28-27+. The van der Waals surface area contributed by atoms with Gasteiger partial charge in [0.05, 0.1) is 25.2 Å². The van der Waals surface area contributed by atoms with Crippen LogP contribution in [0.3, 0.4) is 0 Å². The number of unbranched alkanes of at least 4 members (excludes halogenated alkanes) is 29. The number of carbonyl (C=O) groups is 2. The maximum atomic E-state index is 13.2. The average molecular weight is 856 g/mol. The fourth-order valence-electron chi connectivity index (χ4n) is 7.90. The van der Waals surface area contributed by atoms with Gasteiger partial charge in [-0.3, -0.25) is 9.59 Å². The van der Waals surface area contributed by atoms with E-state index in [4.69, 9.17) is 4.74 Å². The molecule has 3 atom stereocenters. The predicted molar refractivity (Wildman–Crippen MR) is 264 cm³/mol. The summed E-state index contributed by atoms with van der Waals surface area (Å²) in [6.07, 6.45) is 58.8. The molecular formula is C55H101NO5. The number of carbonyl (C=O) groups excluding carboxylic acids is 2. The van der Waals surface area contributed by atoms with E-state index < -0.39 is 18.2 Å². The van der Waals surface area contributed by atoms with Gasteiger partial charge in [-0.2, -0.15) is 0 Å². The minimum atomic E-state index is -0.792. The Kier molecular flexibility index (Phi) is 47.1. The number of ether oxygens (including phenoxy) is 1. The van der Waals surface area contributed by atoms with Gasteiger partial charge >= 0.3 is 5.97 Å². The Morgan fingerprint density at radius 1 is 0.475 bits per heavy atom. The van der Waals surface area contributed by atoms with Gasteiger partial charge in [-0.1, -0.05) is 223 Å². The zero-order chi connectivity index (χ0) is 44.5. The predicted octanol–water partition coefficient (Wildman–Crippen LogP) is 15.8. The molecule has 0 aliphatic heterocycles. The van der Waals surface area contributed by atoms with E-state index in [1.807, 2.05) is 0 Å². The molecule has 0 fully saturated rings. The van der Waals surface area contributed by atoms with Gasteiger partial charge < -0.3 is 20.3 Å². The second kappa shape index (κ2) is 48.8. The van der Waals surface area contributed by atoms with Gasteiger partial charge in [0.1, 0.15) is 6.10 Å². The van der Waals surface area contributed by atoms with Crippen LogP contribution in [0.1, 0.15) is 265 Å². The maximum Gasteiger partial charge on any atom is 0.306 e. The van der Waals surface area contributed by atoms with Gasteiger partial charge in [-0.25, -0.2) is 0 Å². The van der Waals surface area contributed by atoms with Gasteiger partial charge in [0.2, 0.25) is 5.91 Å². The minimum Gasteiger partial charge on any atom is -0.462 e. The van der Waals surface area contributed by atoms with Crippen molar-refractivity contribution in [2.75, 3.05) is 6.61 Å². The lowest BCUT2D eigenvalue weighted by Gasteiger charge is -2.24. The quantitative estimate of drug-likeness (QED) is 0.0245. The van der Waals surface area contributed by atoms with E-state index in [0.717, 1.165) is 83.5 Å². The summed E-state index contributed by atoms with van der Waals surface area (Å²) in [5, 5.41) is 23.7. The van der Waals surface area contributed by atoms with Crippen LogP contribution in [0, 0.1) is 0 Å². The van der Waals surface area contributed by atoms with Crippen molar-refractivity contribution < 1.29 is 24.5 Å². The molecule has 1 amide bonds. The third kappa shape index (κ3) is 44.2. The zero-order valence-corrected chi connectivity index (χ0v) is 40.5. The third-order valence-electron chi connectivity index (χ3n) is 11.9. The van der Waals surface area contributed by atoms with E-state index in [9.17, 15) is 19.8 Å². The number of rotatable bonds is 47. The summed E-state index contributed by atoms with van der Waals surface area (Å²) < 4.78 is 5.93. The van der Waals surface area contributed by atoms with E-state index in [2.05, 4.69) is 74.7 Å². The molecule has 0 aromatic carbocycles. The van der Waals surface area contributed by atoms with Crippen molar-refractivity contribution in [1.82, 2.24) is 5.32 Å². The van der Waals surface area contributed by atoms with Gasteiger partial charge in [0, 0.05) is 6.42 Å². The molecule has 0 aliphatic rings. The first-order valence-corrected chi connectivity index (χ1v) is 26.4. The van der Waals surface area contributed by atoms with Crippen LogP contribution in [0.2, 0.25) is 0 Å². The van der Waals surface area contributed by atoms with Crippen molar-refractivity contribution in [2.24, 2.45) is 0 Å². The Bertz CT molecular complexity index is 1050. The molecule has 3 unspecified atom stereocenters. The van der Waals surface area contributed by atoms with Crippen LogP contribution in [0.5, 0.6) is 0 Å². The third-order valence-corrected chi connectivity index (χ3v) is 11.9. The summed E-state index contributed by atoms with van der Waals surface area (Å²) in [6.45, 7) is 6.45. The summed E-state index contributed by atoms with van der Waals surface area (Å²) in [7, 11) is 0. The lowest BCUT2D eigenvalue weighted by atomic mass is 10.0. The fraction of sp³-hybridized carbons (Fsp3) is 0.818. The van der Waals surface area contributed by atoms with Crippen LogP contribution in [-0.4, -0.2) is 46.9 Å². The molecule has 0 aromatic rings. The molecule has 0 heterocycles. The van der Waals surface area contributed by atoms with Crippen molar-refractivity contribution in [3.8, 4) is 0 Å². The minimum absolute atomic E-state index is 0.0641. The molecule has 61 heavy (non-hydrogen) atoms. The largest absolute Gasteiger partial charge is 0.462 e. The number of allylic oxidation sites excluding steroid dienone is 8. The topological polar surface area (TPSA) is 95.9 Å². The van der Waals surface area contributed by atoms with Crippen LogP contribution in [0.4, 0.5) is 0 Å². The van der Waals surface area contributed by atoms with E-state index in [0.29, 0.717) is 19.3 Å². The molecule has 0 spiro atoms. The molecule has 0 rings (SSSR count). The van der Waals surface area contributed by atoms with Crippen molar-refractivity contribution in [3.63, 3.8) is 0 Å². The van der Waals surface area contributed by atoms with Gasteiger partial charge in [-0.15, -0.1) is 0 Å². The van der Waals surface area contributed by atoms with Crippen LogP contribution < -0.4 is 5.32 Å². The Morgan fingerprint density at radius 3 is 1.31 bits per heavy atom. The van der Waals surface area contributed by atoms with E-state index >= 15 is 0 Å². The number of esters is 1. The Morgan fingerprint density at radius 2 is 0.852 bits per heavy atom. The van der Waals surface area contributed by atoms with Crippen molar-refractivity contribution >= 4 is 11.9 Å². The van der Waals surface area contributed by atoms with Crippen LogP contribution in [0.15, 0.2) is 48.6 Å². The lowest BCUT2D eigenvalue weighted by Crippen LogP contribution is -2.46. The van der Waals surface area contributed by atoms with Gasteiger partial charge in [-0.05, 0) is 77.0 Å². The number of hydrogen-bond donors (Lipinski definition) is 3. The van der Waals surface area contributed by atoms with E-state index in [1.165, 1.54) is 135 Å². The molecule has 0 saturated carbocycles. The highest BCUT2D eigenvalue weighted by atomic mass is 16.5. The maximum absolute atomic E-state index is 13.2. The van der Waals surface area contributed by atoms with Crippen molar-refractivity contribution in [2.45, 2.75) is 283 Å². The average Bonchev–Trinajstić information content (AvgIpc) is 3.25. The van der Waals surface area contributed by atoms with E-state index in [-0.39, 0.29) is 24.9 Å². The fourth-order valence-corrected chi connectivity index (χ4v) is 7.90. The molecule has 6 heteroatoms. The lowest BCUT2D eigenvalue weighted by molar-refractivity contribution is -0.151. The summed E-state index contributed by atoms with van der Waals surface area (Å²) in [4.78, 5) is 26.1. The molecule has 6 nitrogen and oxygen atoms in total.